The van der Waals surface area contributed by atoms with Crippen molar-refractivity contribution < 1.29 is 0 Å². The first kappa shape index (κ1) is 42.8. The number of hydrogen-bond donors (Lipinski definition) is 0. The topological polar surface area (TPSA) is 61.4 Å². The molecule has 0 fully saturated rings. The molecule has 0 unspecified atom stereocenters. The van der Waals surface area contributed by atoms with Crippen molar-refractivity contribution in [3.8, 4) is 89.3 Å². The Kier molecular flexibility index (Phi) is 10.4. The maximum absolute atomic E-state index is 4.71. The molecule has 0 aliphatic heterocycles. The van der Waals surface area contributed by atoms with Gasteiger partial charge in [-0.1, -0.05) is 121 Å². The molecule has 0 amide bonds. The fourth-order valence-corrected chi connectivity index (χ4v) is 11.0. The molecule has 0 aliphatic carbocycles. The van der Waals surface area contributed by atoms with Crippen LogP contribution in [0.4, 0.5) is 0 Å². The Morgan fingerprint density at radius 1 is 0.243 bits per heavy atom. The first-order valence-electron chi connectivity index (χ1n) is 24.9. The minimum absolute atomic E-state index is 1.02. The molecule has 0 aliphatic rings. The molecule has 6 nitrogen and oxygen atoms in total. The molecule has 0 radical (unpaired) electrons. The number of benzene rings is 8. The van der Waals surface area contributed by atoms with Crippen LogP contribution in [0.5, 0.6) is 0 Å². The molecular formula is C68H44N6. The Morgan fingerprint density at radius 3 is 1.16 bits per heavy atom. The van der Waals surface area contributed by atoms with E-state index in [1.54, 1.807) is 12.4 Å². The number of nitrogens with zero attached hydrogens (tertiary/aromatic N) is 6. The van der Waals surface area contributed by atoms with E-state index in [2.05, 4.69) is 225 Å². The highest BCUT2D eigenvalue weighted by molar-refractivity contribution is 6.28. The maximum Gasteiger partial charge on any atom is 0.0795 e. The van der Waals surface area contributed by atoms with Gasteiger partial charge in [0.25, 0.3) is 0 Å². The predicted octanol–water partition coefficient (Wildman–Crippen LogP) is 17.1. The van der Waals surface area contributed by atoms with Gasteiger partial charge in [-0.3, -0.25) is 19.9 Å². The fraction of sp³-hybridized carbons (Fsp3) is 0. The van der Waals surface area contributed by atoms with Crippen LogP contribution in [0.1, 0.15) is 0 Å². The third kappa shape index (κ3) is 7.44. The average molecular weight is 945 g/mol. The SMILES string of the molecule is c1ccc(-n2c3ccccc3c3cc(-c4cc(-c5cccc(-c6cncc(-c7cccnc7)c6)c5)cc(-c5cccc(-c6cncc(-c7cccnc7)c6)c5)c4)c4c5ccccc5n(-c5ccccc5)c4c32)cc1. The van der Waals surface area contributed by atoms with Gasteiger partial charge in [-0.2, -0.15) is 0 Å². The van der Waals surface area contributed by atoms with Crippen molar-refractivity contribution in [1.29, 1.82) is 0 Å². The Hall–Kier alpha value is -10.0. The van der Waals surface area contributed by atoms with Crippen LogP contribution in [-0.2, 0) is 0 Å². The van der Waals surface area contributed by atoms with Crippen LogP contribution < -0.4 is 0 Å². The number of pyridine rings is 4. The van der Waals surface area contributed by atoms with Gasteiger partial charge in [0.05, 0.1) is 22.1 Å². The Labute approximate surface area is 427 Å². The van der Waals surface area contributed by atoms with Crippen LogP contribution in [0.15, 0.2) is 268 Å². The van der Waals surface area contributed by atoms with Gasteiger partial charge < -0.3 is 9.13 Å². The summed E-state index contributed by atoms with van der Waals surface area (Å²) in [6.45, 7) is 0. The normalized spacial score (nSPS) is 11.5. The predicted molar refractivity (Wildman–Crippen MR) is 304 cm³/mol. The second-order valence-corrected chi connectivity index (χ2v) is 18.8. The van der Waals surface area contributed by atoms with Crippen molar-refractivity contribution in [2.45, 2.75) is 0 Å². The molecule has 14 rings (SSSR count). The van der Waals surface area contributed by atoms with Crippen LogP contribution in [0.25, 0.3) is 133 Å². The monoisotopic (exact) mass is 944 g/mol. The van der Waals surface area contributed by atoms with Crippen LogP contribution in [0.2, 0.25) is 0 Å². The van der Waals surface area contributed by atoms with Crippen LogP contribution in [0.3, 0.4) is 0 Å². The highest BCUT2D eigenvalue weighted by Crippen LogP contribution is 2.48. The van der Waals surface area contributed by atoms with Gasteiger partial charge in [0.15, 0.2) is 0 Å². The molecule has 346 valence electrons. The summed E-state index contributed by atoms with van der Waals surface area (Å²) in [5.74, 6) is 0. The lowest BCUT2D eigenvalue weighted by molar-refractivity contribution is 1.15. The Bertz CT molecular complexity index is 4260. The zero-order valence-corrected chi connectivity index (χ0v) is 40.1. The van der Waals surface area contributed by atoms with Gasteiger partial charge in [0.2, 0.25) is 0 Å². The third-order valence-corrected chi connectivity index (χ3v) is 14.4. The summed E-state index contributed by atoms with van der Waals surface area (Å²) in [6, 6.07) is 79.1. The lowest BCUT2D eigenvalue weighted by Gasteiger charge is -2.16. The first-order valence-corrected chi connectivity index (χ1v) is 24.9. The third-order valence-electron chi connectivity index (χ3n) is 14.4. The fourth-order valence-electron chi connectivity index (χ4n) is 11.0. The molecule has 6 aromatic heterocycles. The molecule has 0 saturated carbocycles. The van der Waals surface area contributed by atoms with Crippen molar-refractivity contribution in [3.05, 3.63) is 268 Å². The van der Waals surface area contributed by atoms with E-state index in [1.807, 2.05) is 49.3 Å². The quantitative estimate of drug-likeness (QED) is 0.145. The van der Waals surface area contributed by atoms with E-state index in [4.69, 9.17) is 9.97 Å². The van der Waals surface area contributed by atoms with Crippen molar-refractivity contribution in [2.24, 2.45) is 0 Å². The number of rotatable bonds is 9. The van der Waals surface area contributed by atoms with E-state index in [9.17, 15) is 0 Å². The number of para-hydroxylation sites is 4. The molecule has 14 aromatic rings. The Balaban J connectivity index is 1.05. The van der Waals surface area contributed by atoms with Crippen LogP contribution in [-0.4, -0.2) is 29.1 Å². The summed E-state index contributed by atoms with van der Waals surface area (Å²) in [6.07, 6.45) is 15.1. The molecule has 0 bridgehead atoms. The smallest absolute Gasteiger partial charge is 0.0795 e. The van der Waals surface area contributed by atoms with Crippen molar-refractivity contribution in [2.75, 3.05) is 0 Å². The van der Waals surface area contributed by atoms with Gasteiger partial charge in [0, 0.05) is 116 Å². The minimum Gasteiger partial charge on any atom is -0.307 e. The maximum atomic E-state index is 4.71. The summed E-state index contributed by atoms with van der Waals surface area (Å²) < 4.78 is 4.94. The summed E-state index contributed by atoms with van der Waals surface area (Å²) >= 11 is 0. The molecule has 0 N–H and O–H groups in total. The van der Waals surface area contributed by atoms with Crippen molar-refractivity contribution >= 4 is 43.6 Å². The van der Waals surface area contributed by atoms with E-state index in [0.29, 0.717) is 0 Å². The van der Waals surface area contributed by atoms with Crippen molar-refractivity contribution in [1.82, 2.24) is 29.1 Å². The second kappa shape index (κ2) is 18.0. The standard InChI is InChI=1S/C68H44N6/c1-3-21-58(22-4-1)73-64-27-9-7-25-60(64)63-38-62(66-61-26-8-10-28-65(61)74(68(66)67(63)73)59-23-5-2-6-24-59)53-34-51(45-15-11-17-47(31-45)54-36-56(43-71-41-54)49-19-13-29-69-39-49)33-52(35-53)46-16-12-18-48(32-46)55-37-57(44-72-42-55)50-20-14-30-70-40-50/h1-44H. The molecule has 0 saturated heterocycles. The Morgan fingerprint density at radius 2 is 0.635 bits per heavy atom. The number of hydrogen-bond acceptors (Lipinski definition) is 4. The molecule has 0 spiro atoms. The van der Waals surface area contributed by atoms with Gasteiger partial charge in [-0.15, -0.1) is 0 Å². The van der Waals surface area contributed by atoms with Gasteiger partial charge in [0.1, 0.15) is 0 Å². The molecule has 6 heteroatoms. The van der Waals surface area contributed by atoms with Crippen LogP contribution >= 0.6 is 0 Å². The molecule has 6 heterocycles. The van der Waals surface area contributed by atoms with Crippen LogP contribution in [0, 0.1) is 0 Å². The van der Waals surface area contributed by atoms with Gasteiger partial charge in [-0.05, 0) is 142 Å². The van der Waals surface area contributed by atoms with E-state index >= 15 is 0 Å². The van der Waals surface area contributed by atoms with E-state index in [0.717, 1.165) is 111 Å². The zero-order valence-electron chi connectivity index (χ0n) is 40.1. The molecule has 74 heavy (non-hydrogen) atoms. The summed E-state index contributed by atoms with van der Waals surface area (Å²) in [5.41, 5.74) is 21.9. The minimum atomic E-state index is 1.02. The second-order valence-electron chi connectivity index (χ2n) is 18.8. The summed E-state index contributed by atoms with van der Waals surface area (Å²) in [7, 11) is 0. The summed E-state index contributed by atoms with van der Waals surface area (Å²) in [4.78, 5) is 18.2. The highest BCUT2D eigenvalue weighted by Gasteiger charge is 2.25. The largest absolute Gasteiger partial charge is 0.307 e. The molecule has 8 aromatic carbocycles. The average Bonchev–Trinajstić information content (AvgIpc) is 4.04. The number of aromatic nitrogens is 6. The van der Waals surface area contributed by atoms with Gasteiger partial charge >= 0.3 is 0 Å². The van der Waals surface area contributed by atoms with E-state index in [1.165, 1.54) is 21.5 Å². The zero-order chi connectivity index (χ0) is 49.0. The highest BCUT2D eigenvalue weighted by atomic mass is 15.0. The lowest BCUT2D eigenvalue weighted by Crippen LogP contribution is -1.99. The lowest BCUT2D eigenvalue weighted by atomic mass is 9.89. The van der Waals surface area contributed by atoms with Crippen molar-refractivity contribution in [3.63, 3.8) is 0 Å². The number of fused-ring (bicyclic) bond motifs is 7. The van der Waals surface area contributed by atoms with E-state index in [-0.39, 0.29) is 0 Å². The first-order chi connectivity index (χ1) is 36.7. The molecular weight excluding hydrogens is 901 g/mol. The van der Waals surface area contributed by atoms with E-state index < -0.39 is 0 Å². The summed E-state index contributed by atoms with van der Waals surface area (Å²) in [5, 5.41) is 4.76. The van der Waals surface area contributed by atoms with Gasteiger partial charge in [-0.25, -0.2) is 0 Å². The molecule has 0 atom stereocenters.